The van der Waals surface area contributed by atoms with E-state index < -0.39 is 0 Å². The van der Waals surface area contributed by atoms with Crippen molar-refractivity contribution >= 4 is 16.3 Å². The second-order valence-electron chi connectivity index (χ2n) is 5.35. The van der Waals surface area contributed by atoms with Crippen molar-refractivity contribution < 1.29 is 4.74 Å². The molecule has 0 saturated heterocycles. The van der Waals surface area contributed by atoms with E-state index in [0.717, 1.165) is 29.6 Å². The third kappa shape index (κ3) is 2.13. The van der Waals surface area contributed by atoms with Crippen LogP contribution in [0.25, 0.3) is 4.96 Å². The van der Waals surface area contributed by atoms with Crippen molar-refractivity contribution in [3.05, 3.63) is 52.7 Å². The first-order valence-corrected chi connectivity index (χ1v) is 8.01. The Labute approximate surface area is 127 Å². The molecule has 0 bridgehead atoms. The van der Waals surface area contributed by atoms with Gasteiger partial charge in [0.1, 0.15) is 5.69 Å². The van der Waals surface area contributed by atoms with Gasteiger partial charge < -0.3 is 10.1 Å². The van der Waals surface area contributed by atoms with E-state index in [9.17, 15) is 0 Å². The molecule has 0 aliphatic heterocycles. The number of nitrogens with zero attached hydrogens (tertiary/aromatic N) is 2. The van der Waals surface area contributed by atoms with Gasteiger partial charge in [0.2, 0.25) is 5.88 Å². The summed E-state index contributed by atoms with van der Waals surface area (Å²) in [6, 6.07) is 8.70. The molecule has 3 aromatic rings. The zero-order valence-electron chi connectivity index (χ0n) is 11.9. The monoisotopic (exact) mass is 299 g/mol. The SMILES string of the molecule is COc1nc2sccn2c1CNCC1Cc2ccccc21. The largest absolute Gasteiger partial charge is 0.480 e. The van der Waals surface area contributed by atoms with Gasteiger partial charge in [-0.3, -0.25) is 4.40 Å². The number of ether oxygens (including phenoxy) is 1. The molecule has 0 radical (unpaired) electrons. The van der Waals surface area contributed by atoms with Gasteiger partial charge in [-0.1, -0.05) is 24.3 Å². The van der Waals surface area contributed by atoms with Crippen LogP contribution in [0.5, 0.6) is 5.88 Å². The molecule has 1 aliphatic rings. The van der Waals surface area contributed by atoms with Gasteiger partial charge in [0, 0.05) is 30.6 Å². The van der Waals surface area contributed by atoms with E-state index in [0.29, 0.717) is 5.92 Å². The van der Waals surface area contributed by atoms with E-state index in [-0.39, 0.29) is 0 Å². The van der Waals surface area contributed by atoms with E-state index in [1.807, 2.05) is 11.6 Å². The highest BCUT2D eigenvalue weighted by Crippen LogP contribution is 2.34. The Morgan fingerprint density at radius 3 is 3.19 bits per heavy atom. The average Bonchev–Trinajstić information content (AvgIpc) is 3.05. The molecular weight excluding hydrogens is 282 g/mol. The van der Waals surface area contributed by atoms with Gasteiger partial charge in [0.25, 0.3) is 0 Å². The number of nitrogens with one attached hydrogen (secondary N) is 1. The Hall–Kier alpha value is -1.85. The summed E-state index contributed by atoms with van der Waals surface area (Å²) in [5, 5.41) is 5.60. The number of imidazole rings is 1. The second kappa shape index (κ2) is 5.16. The smallest absolute Gasteiger partial charge is 0.237 e. The van der Waals surface area contributed by atoms with Gasteiger partial charge in [-0.15, -0.1) is 11.3 Å². The van der Waals surface area contributed by atoms with E-state index in [4.69, 9.17) is 4.74 Å². The van der Waals surface area contributed by atoms with E-state index in [1.54, 1.807) is 18.4 Å². The van der Waals surface area contributed by atoms with Crippen molar-refractivity contribution in [3.63, 3.8) is 0 Å². The molecule has 4 nitrogen and oxygen atoms in total. The van der Waals surface area contributed by atoms with Crippen molar-refractivity contribution in [1.29, 1.82) is 0 Å². The summed E-state index contributed by atoms with van der Waals surface area (Å²) < 4.78 is 7.48. The number of thiazole rings is 1. The normalized spacial score (nSPS) is 16.7. The highest BCUT2D eigenvalue weighted by Gasteiger charge is 2.25. The number of fused-ring (bicyclic) bond motifs is 2. The van der Waals surface area contributed by atoms with Crippen LogP contribution in [0.15, 0.2) is 35.8 Å². The van der Waals surface area contributed by atoms with E-state index >= 15 is 0 Å². The third-order valence-corrected chi connectivity index (χ3v) is 4.92. The third-order valence-electron chi connectivity index (χ3n) is 4.16. The standard InChI is InChI=1S/C16H17N3OS/c1-20-15-14(19-6-7-21-16(19)18-15)10-17-9-12-8-11-4-2-3-5-13(11)12/h2-7,12,17H,8-10H2,1H3. The highest BCUT2D eigenvalue weighted by atomic mass is 32.1. The number of aromatic nitrogens is 2. The van der Waals surface area contributed by atoms with Crippen molar-refractivity contribution in [3.8, 4) is 5.88 Å². The van der Waals surface area contributed by atoms with Crippen molar-refractivity contribution in [2.45, 2.75) is 18.9 Å². The molecule has 1 N–H and O–H groups in total. The summed E-state index contributed by atoms with van der Waals surface area (Å²) in [5.74, 6) is 1.36. The molecule has 0 amide bonds. The lowest BCUT2D eigenvalue weighted by Gasteiger charge is -2.30. The molecule has 4 rings (SSSR count). The number of hydrogen-bond donors (Lipinski definition) is 1. The van der Waals surface area contributed by atoms with Crippen LogP contribution >= 0.6 is 11.3 Å². The Morgan fingerprint density at radius 1 is 1.43 bits per heavy atom. The molecule has 1 aliphatic carbocycles. The van der Waals surface area contributed by atoms with Crippen LogP contribution in [0, 0.1) is 0 Å². The van der Waals surface area contributed by atoms with Crippen LogP contribution < -0.4 is 10.1 Å². The van der Waals surface area contributed by atoms with Crippen LogP contribution in [0.1, 0.15) is 22.7 Å². The van der Waals surface area contributed by atoms with Crippen molar-refractivity contribution in [2.75, 3.05) is 13.7 Å². The zero-order chi connectivity index (χ0) is 14.2. The molecule has 1 unspecified atom stereocenters. The molecule has 0 saturated carbocycles. The summed E-state index contributed by atoms with van der Waals surface area (Å²) in [6.07, 6.45) is 3.23. The fourth-order valence-electron chi connectivity index (χ4n) is 3.05. The van der Waals surface area contributed by atoms with Crippen molar-refractivity contribution in [1.82, 2.24) is 14.7 Å². The topological polar surface area (TPSA) is 38.6 Å². The summed E-state index contributed by atoms with van der Waals surface area (Å²) in [4.78, 5) is 5.46. The predicted molar refractivity (Wildman–Crippen MR) is 84.2 cm³/mol. The van der Waals surface area contributed by atoms with Gasteiger partial charge in [-0.05, 0) is 17.5 Å². The maximum atomic E-state index is 5.38. The van der Waals surface area contributed by atoms with E-state index in [1.165, 1.54) is 17.5 Å². The maximum absolute atomic E-state index is 5.38. The first-order chi connectivity index (χ1) is 10.4. The molecule has 108 valence electrons. The molecule has 1 aromatic carbocycles. The molecule has 0 spiro atoms. The van der Waals surface area contributed by atoms with Crippen LogP contribution in [0.4, 0.5) is 0 Å². The number of hydrogen-bond acceptors (Lipinski definition) is 4. The molecule has 5 heteroatoms. The van der Waals surface area contributed by atoms with Gasteiger partial charge in [0.15, 0.2) is 4.96 Å². The average molecular weight is 299 g/mol. The zero-order valence-corrected chi connectivity index (χ0v) is 12.7. The lowest BCUT2D eigenvalue weighted by atomic mass is 9.77. The van der Waals surface area contributed by atoms with Crippen molar-refractivity contribution in [2.24, 2.45) is 0 Å². The molecular formula is C16H17N3OS. The predicted octanol–water partition coefficient (Wildman–Crippen LogP) is 2.83. The minimum Gasteiger partial charge on any atom is -0.480 e. The Morgan fingerprint density at radius 2 is 2.33 bits per heavy atom. The van der Waals surface area contributed by atoms with Crippen LogP contribution in [0.3, 0.4) is 0 Å². The number of rotatable bonds is 5. The Balaban J connectivity index is 1.44. The van der Waals surface area contributed by atoms with Crippen LogP contribution in [-0.2, 0) is 13.0 Å². The van der Waals surface area contributed by atoms with Crippen LogP contribution in [-0.4, -0.2) is 23.0 Å². The van der Waals surface area contributed by atoms with E-state index in [2.05, 4.69) is 39.0 Å². The minimum absolute atomic E-state index is 0.637. The van der Waals surface area contributed by atoms with Gasteiger partial charge in [0.05, 0.1) is 7.11 Å². The maximum Gasteiger partial charge on any atom is 0.237 e. The molecule has 2 heterocycles. The lowest BCUT2D eigenvalue weighted by Crippen LogP contribution is -2.29. The minimum atomic E-state index is 0.637. The Bertz CT molecular complexity index is 777. The highest BCUT2D eigenvalue weighted by molar-refractivity contribution is 7.15. The molecule has 1 atom stereocenters. The van der Waals surface area contributed by atoms with Crippen LogP contribution in [0.2, 0.25) is 0 Å². The summed E-state index contributed by atoms with van der Waals surface area (Å²) >= 11 is 1.63. The quantitative estimate of drug-likeness (QED) is 0.787. The Kier molecular flexibility index (Phi) is 3.16. The summed E-state index contributed by atoms with van der Waals surface area (Å²) in [7, 11) is 1.68. The van der Waals surface area contributed by atoms with Gasteiger partial charge >= 0.3 is 0 Å². The fraction of sp³-hybridized carbons (Fsp3) is 0.312. The summed E-state index contributed by atoms with van der Waals surface area (Å²) in [6.45, 7) is 1.78. The first-order valence-electron chi connectivity index (χ1n) is 7.13. The summed E-state index contributed by atoms with van der Waals surface area (Å²) in [5.41, 5.74) is 4.08. The fourth-order valence-corrected chi connectivity index (χ4v) is 3.77. The van der Waals surface area contributed by atoms with Gasteiger partial charge in [-0.2, -0.15) is 4.98 Å². The molecule has 21 heavy (non-hydrogen) atoms. The first kappa shape index (κ1) is 12.9. The molecule has 0 fully saturated rings. The lowest BCUT2D eigenvalue weighted by molar-refractivity contribution is 0.392. The van der Waals surface area contributed by atoms with Gasteiger partial charge in [-0.25, -0.2) is 0 Å². The second-order valence-corrected chi connectivity index (χ2v) is 6.23. The number of benzene rings is 1. The molecule has 2 aromatic heterocycles. The number of methoxy groups -OCH3 is 1.